The number of hydrogen-bond donors (Lipinski definition) is 1. The Balaban J connectivity index is 2.24. The summed E-state index contributed by atoms with van der Waals surface area (Å²) in [6, 6.07) is 7.39. The van der Waals surface area contributed by atoms with Gasteiger partial charge in [0.15, 0.2) is 9.84 Å². The summed E-state index contributed by atoms with van der Waals surface area (Å²) < 4.78 is 50.5. The van der Waals surface area contributed by atoms with Crippen LogP contribution >= 0.6 is 11.3 Å². The van der Waals surface area contributed by atoms with E-state index in [0.29, 0.717) is 10.5 Å². The van der Waals surface area contributed by atoms with Crippen molar-refractivity contribution in [2.45, 2.75) is 36.6 Å². The molecule has 2 rings (SSSR count). The minimum Gasteiger partial charge on any atom is -0.224 e. The first-order valence-corrected chi connectivity index (χ1v) is 11.1. The quantitative estimate of drug-likeness (QED) is 0.874. The topological polar surface area (TPSA) is 80.3 Å². The first-order chi connectivity index (χ1) is 10.5. The van der Waals surface area contributed by atoms with Crippen molar-refractivity contribution < 1.29 is 16.8 Å². The van der Waals surface area contributed by atoms with E-state index in [1.807, 2.05) is 6.92 Å². The summed E-state index contributed by atoms with van der Waals surface area (Å²) in [5, 5.41) is 0. The molecule has 0 bridgehead atoms. The molecular formula is C15H19NO4S3. The summed E-state index contributed by atoms with van der Waals surface area (Å²) in [5.74, 6) is 0. The summed E-state index contributed by atoms with van der Waals surface area (Å²) in [4.78, 5) is 2.18. The van der Waals surface area contributed by atoms with Crippen LogP contribution in [0.2, 0.25) is 0 Å². The zero-order valence-electron chi connectivity index (χ0n) is 13.3. The lowest BCUT2D eigenvalue weighted by atomic mass is 10.1. The Morgan fingerprint density at radius 2 is 1.61 bits per heavy atom. The highest BCUT2D eigenvalue weighted by Crippen LogP contribution is 2.26. The van der Waals surface area contributed by atoms with E-state index < -0.39 is 25.9 Å². The van der Waals surface area contributed by atoms with Crippen LogP contribution in [0.5, 0.6) is 0 Å². The number of benzene rings is 1. The fraction of sp³-hybridized carbons (Fsp3) is 0.333. The first kappa shape index (κ1) is 18.1. The molecular weight excluding hydrogens is 354 g/mol. The second-order valence-electron chi connectivity index (χ2n) is 5.46. The van der Waals surface area contributed by atoms with Crippen LogP contribution in [0.15, 0.2) is 40.1 Å². The average Bonchev–Trinajstić information content (AvgIpc) is 2.77. The molecule has 1 heterocycles. The Kier molecular flexibility index (Phi) is 5.00. The van der Waals surface area contributed by atoms with Gasteiger partial charge in [-0.15, -0.1) is 11.3 Å². The lowest BCUT2D eigenvalue weighted by molar-refractivity contribution is 0.566. The Hall–Kier alpha value is -1.22. The normalized spacial score (nSPS) is 13.9. The smallest absolute Gasteiger partial charge is 0.224 e. The van der Waals surface area contributed by atoms with Gasteiger partial charge in [0.2, 0.25) is 10.0 Å². The lowest BCUT2D eigenvalue weighted by Crippen LogP contribution is -2.27. The molecule has 0 saturated carbocycles. The fourth-order valence-corrected chi connectivity index (χ4v) is 5.66. The second kappa shape index (κ2) is 6.35. The zero-order chi connectivity index (χ0) is 17.4. The molecule has 0 saturated heterocycles. The van der Waals surface area contributed by atoms with Gasteiger partial charge in [-0.1, -0.05) is 12.1 Å². The SMILES string of the molecule is Cc1cc(S(=O)(=O)N[C@H](C)c2ccc(S(C)(=O)=O)cc2)c(C)s1. The molecule has 0 radical (unpaired) electrons. The van der Waals surface area contributed by atoms with Crippen LogP contribution in [0.3, 0.4) is 0 Å². The Bertz CT molecular complexity index is 910. The average molecular weight is 374 g/mol. The van der Waals surface area contributed by atoms with Crippen molar-refractivity contribution in [2.24, 2.45) is 0 Å². The molecule has 126 valence electrons. The molecule has 0 aliphatic carbocycles. The maximum atomic E-state index is 12.5. The largest absolute Gasteiger partial charge is 0.242 e. The molecule has 23 heavy (non-hydrogen) atoms. The van der Waals surface area contributed by atoms with Crippen LogP contribution in [-0.2, 0) is 19.9 Å². The standard InChI is InChI=1S/C15H19NO4S3/c1-10-9-15(12(3)21-10)23(19,20)16-11(2)13-5-7-14(8-6-13)22(4,17)18/h5-9,11,16H,1-4H3/t11-/m1/s1. The summed E-state index contributed by atoms with van der Waals surface area (Å²) in [7, 11) is -6.88. The van der Waals surface area contributed by atoms with Crippen molar-refractivity contribution in [3.63, 3.8) is 0 Å². The van der Waals surface area contributed by atoms with E-state index in [2.05, 4.69) is 4.72 Å². The monoisotopic (exact) mass is 373 g/mol. The maximum Gasteiger partial charge on any atom is 0.242 e. The zero-order valence-corrected chi connectivity index (χ0v) is 15.8. The van der Waals surface area contributed by atoms with Crippen LogP contribution in [-0.4, -0.2) is 23.1 Å². The first-order valence-electron chi connectivity index (χ1n) is 6.90. The van der Waals surface area contributed by atoms with Crippen LogP contribution in [0.1, 0.15) is 28.3 Å². The molecule has 0 aliphatic rings. The number of thiophene rings is 1. The van der Waals surface area contributed by atoms with Gasteiger partial charge >= 0.3 is 0 Å². The highest BCUT2D eigenvalue weighted by molar-refractivity contribution is 7.90. The third-order valence-corrected chi connectivity index (χ3v) is 7.32. The van der Waals surface area contributed by atoms with Gasteiger partial charge in [0.05, 0.1) is 9.79 Å². The van der Waals surface area contributed by atoms with Crippen molar-refractivity contribution in [1.82, 2.24) is 4.72 Å². The van der Waals surface area contributed by atoms with Gasteiger partial charge in [0, 0.05) is 22.1 Å². The third kappa shape index (κ3) is 4.20. The van der Waals surface area contributed by atoms with Crippen LogP contribution in [0.4, 0.5) is 0 Å². The molecule has 1 N–H and O–H groups in total. The molecule has 0 unspecified atom stereocenters. The number of aryl methyl sites for hydroxylation is 2. The summed E-state index contributed by atoms with van der Waals surface area (Å²) >= 11 is 1.44. The molecule has 2 aromatic rings. The highest BCUT2D eigenvalue weighted by Gasteiger charge is 2.22. The van der Waals surface area contributed by atoms with E-state index in [0.717, 1.165) is 16.0 Å². The van der Waals surface area contributed by atoms with Gasteiger partial charge in [0.1, 0.15) is 0 Å². The van der Waals surface area contributed by atoms with Crippen LogP contribution in [0, 0.1) is 13.8 Å². The molecule has 1 aromatic heterocycles. The van der Waals surface area contributed by atoms with Crippen molar-refractivity contribution in [3.05, 3.63) is 45.6 Å². The van der Waals surface area contributed by atoms with Gasteiger partial charge in [-0.3, -0.25) is 0 Å². The number of sulfone groups is 1. The Morgan fingerprint density at radius 3 is 2.04 bits per heavy atom. The van der Waals surface area contributed by atoms with Gasteiger partial charge in [-0.05, 0) is 44.5 Å². The van der Waals surface area contributed by atoms with Crippen molar-refractivity contribution in [2.75, 3.05) is 6.26 Å². The minimum atomic E-state index is -3.61. The summed E-state index contributed by atoms with van der Waals surface area (Å²) in [6.07, 6.45) is 1.13. The number of hydrogen-bond acceptors (Lipinski definition) is 5. The third-order valence-electron chi connectivity index (χ3n) is 3.43. The molecule has 0 fully saturated rings. The number of sulfonamides is 1. The lowest BCUT2D eigenvalue weighted by Gasteiger charge is -2.15. The van der Waals surface area contributed by atoms with Crippen LogP contribution in [0.25, 0.3) is 0 Å². The predicted octanol–water partition coefficient (Wildman–Crippen LogP) is 2.81. The molecule has 1 aromatic carbocycles. The van der Waals surface area contributed by atoms with E-state index in [1.54, 1.807) is 32.0 Å². The fourth-order valence-electron chi connectivity index (χ4n) is 2.24. The van der Waals surface area contributed by atoms with E-state index in [-0.39, 0.29) is 4.90 Å². The molecule has 0 aliphatic heterocycles. The van der Waals surface area contributed by atoms with E-state index in [9.17, 15) is 16.8 Å². The van der Waals surface area contributed by atoms with Gasteiger partial charge in [0.25, 0.3) is 0 Å². The van der Waals surface area contributed by atoms with E-state index in [4.69, 9.17) is 0 Å². The van der Waals surface area contributed by atoms with Crippen molar-refractivity contribution in [1.29, 1.82) is 0 Å². The summed E-state index contributed by atoms with van der Waals surface area (Å²) in [5.41, 5.74) is 0.700. The van der Waals surface area contributed by atoms with Gasteiger partial charge in [-0.2, -0.15) is 0 Å². The molecule has 1 atom stereocenters. The molecule has 8 heteroatoms. The summed E-state index contributed by atoms with van der Waals surface area (Å²) in [6.45, 7) is 5.36. The molecule has 0 amide bonds. The Morgan fingerprint density at radius 1 is 1.04 bits per heavy atom. The van der Waals surface area contributed by atoms with Gasteiger partial charge in [-0.25, -0.2) is 21.6 Å². The number of nitrogens with one attached hydrogen (secondary N) is 1. The van der Waals surface area contributed by atoms with Crippen molar-refractivity contribution in [3.8, 4) is 0 Å². The van der Waals surface area contributed by atoms with E-state index >= 15 is 0 Å². The van der Waals surface area contributed by atoms with Crippen LogP contribution < -0.4 is 4.72 Å². The maximum absolute atomic E-state index is 12.5. The number of rotatable bonds is 5. The van der Waals surface area contributed by atoms with E-state index in [1.165, 1.54) is 23.5 Å². The van der Waals surface area contributed by atoms with Gasteiger partial charge < -0.3 is 0 Å². The Labute approximate surface area is 141 Å². The molecule has 5 nitrogen and oxygen atoms in total. The minimum absolute atomic E-state index is 0.209. The molecule has 0 spiro atoms. The second-order valence-corrected chi connectivity index (χ2v) is 10.6. The predicted molar refractivity (Wildman–Crippen MR) is 92.1 cm³/mol. The van der Waals surface area contributed by atoms with Crippen molar-refractivity contribution >= 4 is 31.2 Å². The highest BCUT2D eigenvalue weighted by atomic mass is 32.2.